The lowest BCUT2D eigenvalue weighted by atomic mass is 10.1. The zero-order valence-electron chi connectivity index (χ0n) is 15.1. The fraction of sp³-hybridized carbons (Fsp3) is 0.300. The summed E-state index contributed by atoms with van der Waals surface area (Å²) in [6, 6.07) is 9.57. The van der Waals surface area contributed by atoms with Gasteiger partial charge in [-0.3, -0.25) is 4.79 Å². The van der Waals surface area contributed by atoms with E-state index in [2.05, 4.69) is 36.3 Å². The maximum absolute atomic E-state index is 12.6. The van der Waals surface area contributed by atoms with E-state index in [0.717, 1.165) is 16.9 Å². The van der Waals surface area contributed by atoms with Gasteiger partial charge in [0.2, 0.25) is 5.91 Å². The minimum absolute atomic E-state index is 0.109. The van der Waals surface area contributed by atoms with Gasteiger partial charge in [-0.05, 0) is 56.2 Å². The van der Waals surface area contributed by atoms with Crippen LogP contribution in [-0.2, 0) is 11.3 Å². The van der Waals surface area contributed by atoms with Gasteiger partial charge in [0.1, 0.15) is 25.6 Å². The van der Waals surface area contributed by atoms with Crippen molar-refractivity contribution in [3.05, 3.63) is 47.3 Å². The maximum atomic E-state index is 12.6. The molecule has 0 fully saturated rings. The number of aromatic nitrogens is 2. The van der Waals surface area contributed by atoms with E-state index in [9.17, 15) is 4.79 Å². The molecule has 0 saturated carbocycles. The monoisotopic (exact) mass is 351 g/mol. The molecular formula is C20H21N3O3. The van der Waals surface area contributed by atoms with Crippen LogP contribution in [0.25, 0.3) is 11.0 Å². The van der Waals surface area contributed by atoms with Crippen LogP contribution < -0.4 is 14.8 Å². The fourth-order valence-corrected chi connectivity index (χ4v) is 3.17. The van der Waals surface area contributed by atoms with E-state index in [4.69, 9.17) is 9.47 Å². The summed E-state index contributed by atoms with van der Waals surface area (Å²) in [7, 11) is 0. The van der Waals surface area contributed by atoms with E-state index in [-0.39, 0.29) is 12.5 Å². The molecule has 4 rings (SSSR count). The SMILES string of the molecule is Cc1cc2nc(C)n(CC(=O)Nc3ccc4c(c3)OCCO4)c2cc1C. The van der Waals surface area contributed by atoms with E-state index in [1.54, 1.807) is 6.07 Å². The molecule has 0 aliphatic carbocycles. The maximum Gasteiger partial charge on any atom is 0.244 e. The summed E-state index contributed by atoms with van der Waals surface area (Å²) in [6.07, 6.45) is 0. The first-order valence-corrected chi connectivity index (χ1v) is 8.65. The average molecular weight is 351 g/mol. The number of benzene rings is 2. The fourth-order valence-electron chi connectivity index (χ4n) is 3.17. The molecule has 0 saturated heterocycles. The van der Waals surface area contributed by atoms with Gasteiger partial charge >= 0.3 is 0 Å². The summed E-state index contributed by atoms with van der Waals surface area (Å²) in [4.78, 5) is 17.1. The standard InChI is InChI=1S/C20H21N3O3/c1-12-8-16-17(9-13(12)2)23(14(3)21-16)11-20(24)22-15-4-5-18-19(10-15)26-7-6-25-18/h4-5,8-10H,6-7,11H2,1-3H3,(H,22,24). The molecule has 6 nitrogen and oxygen atoms in total. The number of amides is 1. The number of hydrogen-bond acceptors (Lipinski definition) is 4. The first-order valence-electron chi connectivity index (χ1n) is 8.65. The lowest BCUT2D eigenvalue weighted by Gasteiger charge is -2.19. The molecule has 1 amide bonds. The summed E-state index contributed by atoms with van der Waals surface area (Å²) < 4.78 is 13.0. The van der Waals surface area contributed by atoms with Crippen LogP contribution in [0.15, 0.2) is 30.3 Å². The highest BCUT2D eigenvalue weighted by molar-refractivity contribution is 5.92. The number of nitrogens with zero attached hydrogens (tertiary/aromatic N) is 2. The van der Waals surface area contributed by atoms with Crippen molar-refractivity contribution in [2.75, 3.05) is 18.5 Å². The summed E-state index contributed by atoms with van der Waals surface area (Å²) >= 11 is 0. The van der Waals surface area contributed by atoms with Crippen molar-refractivity contribution in [2.45, 2.75) is 27.3 Å². The minimum atomic E-state index is -0.109. The molecule has 26 heavy (non-hydrogen) atoms. The predicted molar refractivity (Wildman–Crippen MR) is 100 cm³/mol. The number of ether oxygens (including phenoxy) is 2. The second-order valence-corrected chi connectivity index (χ2v) is 6.58. The second-order valence-electron chi connectivity index (χ2n) is 6.58. The Labute approximate surface area is 151 Å². The Balaban J connectivity index is 1.56. The van der Waals surface area contributed by atoms with Gasteiger partial charge in [0.05, 0.1) is 11.0 Å². The van der Waals surface area contributed by atoms with E-state index in [1.165, 1.54) is 11.1 Å². The first-order chi connectivity index (χ1) is 12.5. The molecular weight excluding hydrogens is 330 g/mol. The number of hydrogen-bond donors (Lipinski definition) is 1. The molecule has 1 aliphatic rings. The predicted octanol–water partition coefficient (Wildman–Crippen LogP) is 3.37. The van der Waals surface area contributed by atoms with E-state index in [1.807, 2.05) is 23.6 Å². The molecule has 2 heterocycles. The third-order valence-corrected chi connectivity index (χ3v) is 4.68. The molecule has 3 aromatic rings. The smallest absolute Gasteiger partial charge is 0.244 e. The van der Waals surface area contributed by atoms with Crippen LogP contribution in [0.3, 0.4) is 0 Å². The van der Waals surface area contributed by atoms with Crippen LogP contribution in [0, 0.1) is 20.8 Å². The molecule has 0 bridgehead atoms. The zero-order valence-corrected chi connectivity index (χ0v) is 15.1. The number of imidazole rings is 1. The van der Waals surface area contributed by atoms with Crippen molar-refractivity contribution >= 4 is 22.6 Å². The molecule has 0 radical (unpaired) electrons. The summed E-state index contributed by atoms with van der Waals surface area (Å²) in [6.45, 7) is 7.32. The number of aryl methyl sites for hydroxylation is 3. The van der Waals surface area contributed by atoms with Gasteiger partial charge in [0.15, 0.2) is 11.5 Å². The lowest BCUT2D eigenvalue weighted by molar-refractivity contribution is -0.116. The van der Waals surface area contributed by atoms with Gasteiger partial charge in [-0.2, -0.15) is 0 Å². The van der Waals surface area contributed by atoms with Crippen molar-refractivity contribution in [2.24, 2.45) is 0 Å². The summed E-state index contributed by atoms with van der Waals surface area (Å²) in [5, 5.41) is 2.93. The average Bonchev–Trinajstić information content (AvgIpc) is 2.90. The highest BCUT2D eigenvalue weighted by Gasteiger charge is 2.15. The number of rotatable bonds is 3. The quantitative estimate of drug-likeness (QED) is 0.786. The highest BCUT2D eigenvalue weighted by atomic mass is 16.6. The van der Waals surface area contributed by atoms with Crippen LogP contribution in [-0.4, -0.2) is 28.7 Å². The molecule has 0 unspecified atom stereocenters. The third-order valence-electron chi connectivity index (χ3n) is 4.68. The Kier molecular flexibility index (Phi) is 4.03. The van der Waals surface area contributed by atoms with Crippen molar-refractivity contribution in [1.29, 1.82) is 0 Å². The number of anilines is 1. The number of carbonyl (C=O) groups excluding carboxylic acids is 1. The van der Waals surface area contributed by atoms with Crippen molar-refractivity contribution < 1.29 is 14.3 Å². The highest BCUT2D eigenvalue weighted by Crippen LogP contribution is 2.32. The molecule has 134 valence electrons. The van der Waals surface area contributed by atoms with Crippen molar-refractivity contribution in [1.82, 2.24) is 9.55 Å². The molecule has 1 aliphatic heterocycles. The van der Waals surface area contributed by atoms with Gasteiger partial charge in [-0.25, -0.2) is 4.98 Å². The second kappa shape index (κ2) is 6.37. The van der Waals surface area contributed by atoms with Gasteiger partial charge in [0, 0.05) is 11.8 Å². The van der Waals surface area contributed by atoms with Gasteiger partial charge in [-0.15, -0.1) is 0 Å². The summed E-state index contributed by atoms with van der Waals surface area (Å²) in [5.41, 5.74) is 4.96. The molecule has 0 spiro atoms. The molecule has 1 aromatic heterocycles. The number of fused-ring (bicyclic) bond motifs is 2. The zero-order chi connectivity index (χ0) is 18.3. The minimum Gasteiger partial charge on any atom is -0.486 e. The molecule has 2 aromatic carbocycles. The summed E-state index contributed by atoms with van der Waals surface area (Å²) in [5.74, 6) is 2.07. The Morgan fingerprint density at radius 2 is 1.81 bits per heavy atom. The van der Waals surface area contributed by atoms with E-state index >= 15 is 0 Å². The van der Waals surface area contributed by atoms with E-state index < -0.39 is 0 Å². The Hall–Kier alpha value is -3.02. The van der Waals surface area contributed by atoms with Crippen molar-refractivity contribution in [3.63, 3.8) is 0 Å². The van der Waals surface area contributed by atoms with Crippen LogP contribution in [0.4, 0.5) is 5.69 Å². The van der Waals surface area contributed by atoms with Gasteiger partial charge in [0.25, 0.3) is 0 Å². The Morgan fingerprint density at radius 3 is 2.62 bits per heavy atom. The van der Waals surface area contributed by atoms with Crippen LogP contribution in [0.5, 0.6) is 11.5 Å². The first kappa shape index (κ1) is 16.4. The lowest BCUT2D eigenvalue weighted by Crippen LogP contribution is -2.20. The number of nitrogens with one attached hydrogen (secondary N) is 1. The molecule has 1 N–H and O–H groups in total. The Morgan fingerprint density at radius 1 is 1.08 bits per heavy atom. The Bertz CT molecular complexity index is 1010. The normalized spacial score (nSPS) is 13.0. The van der Waals surface area contributed by atoms with Crippen LogP contribution in [0.2, 0.25) is 0 Å². The largest absolute Gasteiger partial charge is 0.486 e. The molecule has 0 atom stereocenters. The van der Waals surface area contributed by atoms with Crippen LogP contribution >= 0.6 is 0 Å². The van der Waals surface area contributed by atoms with Crippen LogP contribution in [0.1, 0.15) is 17.0 Å². The van der Waals surface area contributed by atoms with Crippen molar-refractivity contribution in [3.8, 4) is 11.5 Å². The topological polar surface area (TPSA) is 65.4 Å². The number of carbonyl (C=O) groups is 1. The van der Waals surface area contributed by atoms with Gasteiger partial charge in [-0.1, -0.05) is 0 Å². The van der Waals surface area contributed by atoms with E-state index in [0.29, 0.717) is 30.4 Å². The van der Waals surface area contributed by atoms with Gasteiger partial charge < -0.3 is 19.4 Å². The molecule has 6 heteroatoms. The third kappa shape index (κ3) is 2.98.